The van der Waals surface area contributed by atoms with Gasteiger partial charge in [-0.3, -0.25) is 0 Å². The monoisotopic (exact) mass is 253 g/mol. The Morgan fingerprint density at radius 2 is 2.00 bits per heavy atom. The van der Waals surface area contributed by atoms with Crippen molar-refractivity contribution in [2.24, 2.45) is 0 Å². The van der Waals surface area contributed by atoms with Gasteiger partial charge < -0.3 is 4.74 Å². The van der Waals surface area contributed by atoms with Crippen molar-refractivity contribution in [3.8, 4) is 11.8 Å². The van der Waals surface area contributed by atoms with E-state index in [1.54, 1.807) is 18.2 Å². The fourth-order valence-corrected chi connectivity index (χ4v) is 1.44. The summed E-state index contributed by atoms with van der Waals surface area (Å²) in [6.45, 7) is 5.95. The van der Waals surface area contributed by atoms with Crippen molar-refractivity contribution in [1.82, 2.24) is 0 Å². The minimum absolute atomic E-state index is 0.226. The molecule has 74 valence electrons. The molecule has 3 heteroatoms. The maximum atomic E-state index is 8.67. The zero-order valence-electron chi connectivity index (χ0n) is 8.47. The number of hydrogen-bond acceptors (Lipinski definition) is 2. The van der Waals surface area contributed by atoms with Crippen LogP contribution < -0.4 is 4.74 Å². The highest BCUT2D eigenvalue weighted by Crippen LogP contribution is 2.28. The molecule has 0 aliphatic rings. The molecule has 1 aromatic rings. The molecule has 0 aromatic heterocycles. The minimum Gasteiger partial charge on any atom is -0.487 e. The van der Waals surface area contributed by atoms with Gasteiger partial charge in [-0.25, -0.2) is 0 Å². The first-order valence-corrected chi connectivity index (χ1v) is 5.10. The van der Waals surface area contributed by atoms with Crippen molar-refractivity contribution < 1.29 is 4.74 Å². The van der Waals surface area contributed by atoms with E-state index in [4.69, 9.17) is 10.00 Å². The summed E-state index contributed by atoms with van der Waals surface area (Å²) >= 11 is 3.36. The zero-order chi connectivity index (χ0) is 10.8. The van der Waals surface area contributed by atoms with Crippen LogP contribution in [0.2, 0.25) is 0 Å². The minimum atomic E-state index is -0.226. The summed E-state index contributed by atoms with van der Waals surface area (Å²) in [7, 11) is 0. The summed E-state index contributed by atoms with van der Waals surface area (Å²) in [6, 6.07) is 7.36. The number of nitriles is 1. The lowest BCUT2D eigenvalue weighted by atomic mass is 10.2. The first-order chi connectivity index (χ1) is 6.42. The van der Waals surface area contributed by atoms with E-state index in [1.165, 1.54) is 0 Å². The Hall–Kier alpha value is -1.01. The first-order valence-electron chi connectivity index (χ1n) is 4.31. The van der Waals surface area contributed by atoms with E-state index in [0.717, 1.165) is 10.2 Å². The molecule has 1 rings (SSSR count). The van der Waals surface area contributed by atoms with E-state index in [2.05, 4.69) is 22.0 Å². The van der Waals surface area contributed by atoms with Crippen LogP contribution in [0.4, 0.5) is 0 Å². The van der Waals surface area contributed by atoms with E-state index in [0.29, 0.717) is 5.56 Å². The third-order valence-corrected chi connectivity index (χ3v) is 2.10. The van der Waals surface area contributed by atoms with E-state index >= 15 is 0 Å². The van der Waals surface area contributed by atoms with Crippen molar-refractivity contribution in [3.63, 3.8) is 0 Å². The highest BCUT2D eigenvalue weighted by molar-refractivity contribution is 9.10. The SMILES string of the molecule is CC(C)(C)Oc1ccc(C#N)cc1Br. The molecule has 0 N–H and O–H groups in total. The van der Waals surface area contributed by atoms with Crippen LogP contribution in [0.25, 0.3) is 0 Å². The van der Waals surface area contributed by atoms with E-state index < -0.39 is 0 Å². The Morgan fingerprint density at radius 1 is 1.36 bits per heavy atom. The maximum absolute atomic E-state index is 8.67. The maximum Gasteiger partial charge on any atom is 0.134 e. The predicted molar refractivity (Wildman–Crippen MR) is 59.2 cm³/mol. The van der Waals surface area contributed by atoms with Gasteiger partial charge in [0.05, 0.1) is 16.1 Å². The van der Waals surface area contributed by atoms with Crippen LogP contribution in [0.3, 0.4) is 0 Å². The van der Waals surface area contributed by atoms with Crippen molar-refractivity contribution in [2.45, 2.75) is 26.4 Å². The lowest BCUT2D eigenvalue weighted by molar-refractivity contribution is 0.130. The van der Waals surface area contributed by atoms with Crippen LogP contribution in [0.1, 0.15) is 26.3 Å². The number of ether oxygens (including phenoxy) is 1. The van der Waals surface area contributed by atoms with E-state index in [1.807, 2.05) is 20.8 Å². The van der Waals surface area contributed by atoms with Gasteiger partial charge in [0.1, 0.15) is 11.4 Å². The number of rotatable bonds is 1. The molecule has 0 radical (unpaired) electrons. The second-order valence-corrected chi connectivity index (χ2v) is 4.83. The molecule has 0 amide bonds. The van der Waals surface area contributed by atoms with Gasteiger partial charge in [0.25, 0.3) is 0 Å². The fourth-order valence-electron chi connectivity index (χ4n) is 0.983. The summed E-state index contributed by atoms with van der Waals surface area (Å²) in [4.78, 5) is 0. The molecule has 0 aliphatic carbocycles. The number of hydrogen-bond donors (Lipinski definition) is 0. The van der Waals surface area contributed by atoms with Gasteiger partial charge in [-0.05, 0) is 54.9 Å². The normalized spacial score (nSPS) is 10.8. The van der Waals surface area contributed by atoms with Gasteiger partial charge in [0.15, 0.2) is 0 Å². The molecule has 0 fully saturated rings. The van der Waals surface area contributed by atoms with Crippen LogP contribution in [0.15, 0.2) is 22.7 Å². The molecule has 14 heavy (non-hydrogen) atoms. The van der Waals surface area contributed by atoms with Crippen molar-refractivity contribution in [2.75, 3.05) is 0 Å². The van der Waals surface area contributed by atoms with Crippen LogP contribution in [-0.2, 0) is 0 Å². The molecule has 0 saturated carbocycles. The van der Waals surface area contributed by atoms with Crippen LogP contribution in [-0.4, -0.2) is 5.60 Å². The summed E-state index contributed by atoms with van der Waals surface area (Å²) in [5.74, 6) is 0.761. The second kappa shape index (κ2) is 4.02. The molecule has 0 heterocycles. The Morgan fingerprint density at radius 3 is 2.43 bits per heavy atom. The van der Waals surface area contributed by atoms with Crippen molar-refractivity contribution in [1.29, 1.82) is 5.26 Å². The molecule has 0 atom stereocenters. The fraction of sp³-hybridized carbons (Fsp3) is 0.364. The largest absolute Gasteiger partial charge is 0.487 e. The van der Waals surface area contributed by atoms with Crippen molar-refractivity contribution >= 4 is 15.9 Å². The van der Waals surface area contributed by atoms with Gasteiger partial charge in [-0.2, -0.15) is 5.26 Å². The van der Waals surface area contributed by atoms with Gasteiger partial charge in [-0.15, -0.1) is 0 Å². The smallest absolute Gasteiger partial charge is 0.134 e. The summed E-state index contributed by atoms with van der Waals surface area (Å²) < 4.78 is 6.49. The van der Waals surface area contributed by atoms with Crippen molar-refractivity contribution in [3.05, 3.63) is 28.2 Å². The van der Waals surface area contributed by atoms with Gasteiger partial charge in [-0.1, -0.05) is 0 Å². The summed E-state index contributed by atoms with van der Waals surface area (Å²) in [5.41, 5.74) is 0.398. The average molecular weight is 254 g/mol. The van der Waals surface area contributed by atoms with Gasteiger partial charge in [0.2, 0.25) is 0 Å². The second-order valence-electron chi connectivity index (χ2n) is 3.97. The lowest BCUT2D eigenvalue weighted by Crippen LogP contribution is -2.23. The van der Waals surface area contributed by atoms with Gasteiger partial charge >= 0.3 is 0 Å². The first kappa shape index (κ1) is 11.1. The Labute approximate surface area is 92.6 Å². The molecular weight excluding hydrogens is 242 g/mol. The Kier molecular flexibility index (Phi) is 3.17. The topological polar surface area (TPSA) is 33.0 Å². The molecule has 0 unspecified atom stereocenters. The summed E-state index contributed by atoms with van der Waals surface area (Å²) in [6.07, 6.45) is 0. The molecule has 0 saturated heterocycles. The quantitative estimate of drug-likeness (QED) is 0.768. The molecule has 0 aliphatic heterocycles. The summed E-state index contributed by atoms with van der Waals surface area (Å²) in [5, 5.41) is 8.67. The van der Waals surface area contributed by atoms with E-state index in [9.17, 15) is 0 Å². The number of halogens is 1. The third kappa shape index (κ3) is 3.04. The highest BCUT2D eigenvalue weighted by Gasteiger charge is 2.13. The number of nitrogens with zero attached hydrogens (tertiary/aromatic N) is 1. The lowest BCUT2D eigenvalue weighted by Gasteiger charge is -2.22. The average Bonchev–Trinajstić information content (AvgIpc) is 2.06. The molecule has 0 spiro atoms. The van der Waals surface area contributed by atoms with E-state index in [-0.39, 0.29) is 5.60 Å². The van der Waals surface area contributed by atoms with Crippen LogP contribution >= 0.6 is 15.9 Å². The molecular formula is C11H12BrNO. The number of benzene rings is 1. The Bertz CT molecular complexity index is 374. The highest BCUT2D eigenvalue weighted by atomic mass is 79.9. The van der Waals surface area contributed by atoms with Crippen LogP contribution in [0.5, 0.6) is 5.75 Å². The standard InChI is InChI=1S/C11H12BrNO/c1-11(2,3)14-10-5-4-8(7-13)6-9(10)12/h4-6H,1-3H3. The zero-order valence-corrected chi connectivity index (χ0v) is 10.1. The van der Waals surface area contributed by atoms with Crippen LogP contribution in [0, 0.1) is 11.3 Å². The van der Waals surface area contributed by atoms with Gasteiger partial charge in [0, 0.05) is 0 Å². The Balaban J connectivity index is 2.97. The predicted octanol–water partition coefficient (Wildman–Crippen LogP) is 3.50. The molecule has 1 aromatic carbocycles. The third-order valence-electron chi connectivity index (χ3n) is 1.48. The molecule has 2 nitrogen and oxygen atoms in total. The molecule has 0 bridgehead atoms.